The van der Waals surface area contributed by atoms with Gasteiger partial charge in [-0.2, -0.15) is 0 Å². The van der Waals surface area contributed by atoms with Crippen LogP contribution in [0.1, 0.15) is 63.0 Å². The lowest BCUT2D eigenvalue weighted by atomic mass is 9.94. The van der Waals surface area contributed by atoms with E-state index in [1.807, 2.05) is 0 Å². The van der Waals surface area contributed by atoms with Crippen molar-refractivity contribution in [2.45, 2.75) is 84.5 Å². The first-order valence-corrected chi connectivity index (χ1v) is 11.2. The highest BCUT2D eigenvalue weighted by Gasteiger charge is 2.29. The molecule has 0 amide bonds. The van der Waals surface area contributed by atoms with Crippen molar-refractivity contribution >= 4 is 17.0 Å². The van der Waals surface area contributed by atoms with Gasteiger partial charge in [-0.15, -0.1) is 0 Å². The lowest BCUT2D eigenvalue weighted by Crippen LogP contribution is -2.46. The van der Waals surface area contributed by atoms with Gasteiger partial charge in [-0.3, -0.25) is 5.32 Å². The van der Waals surface area contributed by atoms with Gasteiger partial charge >= 0.3 is 0 Å². The van der Waals surface area contributed by atoms with Crippen molar-refractivity contribution < 1.29 is 5.11 Å². The summed E-state index contributed by atoms with van der Waals surface area (Å²) in [7, 11) is 0. The quantitative estimate of drug-likeness (QED) is 0.735. The van der Waals surface area contributed by atoms with Gasteiger partial charge in [-0.25, -0.2) is 4.98 Å². The molecule has 1 saturated heterocycles. The van der Waals surface area contributed by atoms with Crippen molar-refractivity contribution in [1.29, 1.82) is 0 Å². The van der Waals surface area contributed by atoms with E-state index >= 15 is 0 Å². The summed E-state index contributed by atoms with van der Waals surface area (Å²) in [5.41, 5.74) is 5.00. The van der Waals surface area contributed by atoms with Crippen LogP contribution in [0.3, 0.4) is 0 Å². The number of aromatic nitrogens is 2. The van der Waals surface area contributed by atoms with Gasteiger partial charge in [0.15, 0.2) is 0 Å². The number of fused-ring (bicyclic) bond motifs is 1. The summed E-state index contributed by atoms with van der Waals surface area (Å²) in [6.45, 7) is 9.52. The number of aliphatic hydroxyl groups is 1. The molecule has 5 heteroatoms. The maximum atomic E-state index is 10.7. The number of nitrogens with zero attached hydrogens (tertiary/aromatic N) is 3. The molecule has 2 aliphatic rings. The fourth-order valence-electron chi connectivity index (χ4n) is 4.94. The molecule has 2 aromatic rings. The van der Waals surface area contributed by atoms with E-state index in [9.17, 15) is 5.11 Å². The van der Waals surface area contributed by atoms with E-state index in [1.54, 1.807) is 0 Å². The van der Waals surface area contributed by atoms with Gasteiger partial charge < -0.3 is 14.6 Å². The van der Waals surface area contributed by atoms with E-state index in [4.69, 9.17) is 4.98 Å². The van der Waals surface area contributed by atoms with Gasteiger partial charge in [0.1, 0.15) is 6.23 Å². The van der Waals surface area contributed by atoms with Crippen LogP contribution < -0.4 is 10.2 Å². The zero-order chi connectivity index (χ0) is 19.7. The summed E-state index contributed by atoms with van der Waals surface area (Å²) in [6.07, 6.45) is 7.83. The van der Waals surface area contributed by atoms with E-state index in [0.717, 1.165) is 50.4 Å². The molecule has 1 saturated carbocycles. The highest BCUT2D eigenvalue weighted by Crippen LogP contribution is 2.30. The van der Waals surface area contributed by atoms with Crippen molar-refractivity contribution in [1.82, 2.24) is 14.9 Å². The lowest BCUT2D eigenvalue weighted by molar-refractivity contribution is 0.0512. The van der Waals surface area contributed by atoms with E-state index < -0.39 is 0 Å². The molecule has 1 atom stereocenters. The number of hydrogen-bond donors (Lipinski definition) is 2. The third-order valence-corrected chi connectivity index (χ3v) is 6.82. The first-order valence-electron chi connectivity index (χ1n) is 11.2. The largest absolute Gasteiger partial charge is 0.378 e. The third kappa shape index (κ3) is 3.92. The van der Waals surface area contributed by atoms with E-state index in [0.29, 0.717) is 12.0 Å². The second kappa shape index (κ2) is 8.42. The molecule has 5 nitrogen and oxygen atoms in total. The van der Waals surface area contributed by atoms with Crippen LogP contribution in [0.4, 0.5) is 5.95 Å². The molecule has 4 rings (SSSR count). The summed E-state index contributed by atoms with van der Waals surface area (Å²) < 4.78 is 2.40. The number of hydrogen-bond acceptors (Lipinski definition) is 4. The molecule has 2 fully saturated rings. The van der Waals surface area contributed by atoms with Crippen LogP contribution in [-0.4, -0.2) is 40.0 Å². The first-order chi connectivity index (χ1) is 13.6. The Labute approximate surface area is 169 Å². The fraction of sp³-hybridized carbons (Fsp3) is 0.696. The molecule has 1 aromatic heterocycles. The second-order valence-corrected chi connectivity index (χ2v) is 8.91. The number of aliphatic hydroxyl groups excluding tert-OH is 1. The van der Waals surface area contributed by atoms with Crippen molar-refractivity contribution in [3.05, 3.63) is 23.3 Å². The second-order valence-electron chi connectivity index (χ2n) is 8.91. The lowest BCUT2D eigenvalue weighted by Gasteiger charge is -2.36. The maximum absolute atomic E-state index is 10.7. The predicted molar refractivity (Wildman–Crippen MR) is 116 cm³/mol. The number of piperidine rings is 1. The minimum Gasteiger partial charge on any atom is -0.378 e. The molecular formula is C23H36N4O. The van der Waals surface area contributed by atoms with Crippen molar-refractivity contribution in [3.8, 4) is 0 Å². The van der Waals surface area contributed by atoms with Crippen LogP contribution in [0, 0.1) is 19.8 Å². The third-order valence-electron chi connectivity index (χ3n) is 6.82. The molecule has 0 spiro atoms. The number of benzene rings is 1. The predicted octanol–water partition coefficient (Wildman–Crippen LogP) is 4.13. The molecule has 0 bridgehead atoms. The zero-order valence-electron chi connectivity index (χ0n) is 17.7. The Balaban J connectivity index is 1.47. The molecule has 1 aliphatic carbocycles. The Bertz CT molecular complexity index is 801. The van der Waals surface area contributed by atoms with Gasteiger partial charge in [-0.05, 0) is 69.2 Å². The molecule has 154 valence electrons. The number of imidazole rings is 1. The normalized spacial score (nSPS) is 20.4. The van der Waals surface area contributed by atoms with Gasteiger partial charge in [-0.1, -0.05) is 19.8 Å². The Kier molecular flexibility index (Phi) is 5.93. The summed E-state index contributed by atoms with van der Waals surface area (Å²) in [4.78, 5) is 7.45. The molecule has 2 N–H and O–H groups in total. The molecule has 1 unspecified atom stereocenters. The average Bonchev–Trinajstić information content (AvgIpc) is 3.31. The highest BCUT2D eigenvalue weighted by molar-refractivity contribution is 5.80. The van der Waals surface area contributed by atoms with Crippen molar-refractivity contribution in [2.75, 3.05) is 18.0 Å². The number of rotatable bonds is 6. The zero-order valence-corrected chi connectivity index (χ0v) is 17.7. The van der Waals surface area contributed by atoms with Crippen LogP contribution in [-0.2, 0) is 6.54 Å². The van der Waals surface area contributed by atoms with Gasteiger partial charge in [0, 0.05) is 31.6 Å². The first kappa shape index (κ1) is 19.7. The summed E-state index contributed by atoms with van der Waals surface area (Å²) in [6, 6.07) is 5.04. The van der Waals surface area contributed by atoms with Crippen LogP contribution >= 0.6 is 0 Å². The summed E-state index contributed by atoms with van der Waals surface area (Å²) in [5, 5.41) is 14.1. The van der Waals surface area contributed by atoms with Gasteiger partial charge in [0.05, 0.1) is 11.0 Å². The summed E-state index contributed by atoms with van der Waals surface area (Å²) >= 11 is 0. The van der Waals surface area contributed by atoms with E-state index in [2.05, 4.69) is 47.7 Å². The Morgan fingerprint density at radius 1 is 1.11 bits per heavy atom. The SMILES string of the molecule is CCCn1c(N2CCC(C(O)NC3CCCC3)CC2)nc2cc(C)c(C)cc21. The number of nitrogens with one attached hydrogen (secondary N) is 1. The molecule has 2 heterocycles. The van der Waals surface area contributed by atoms with Gasteiger partial charge in [0.2, 0.25) is 5.95 Å². The fourth-order valence-corrected chi connectivity index (χ4v) is 4.94. The maximum Gasteiger partial charge on any atom is 0.206 e. The molecule has 28 heavy (non-hydrogen) atoms. The van der Waals surface area contributed by atoms with Crippen LogP contribution in [0.15, 0.2) is 12.1 Å². The monoisotopic (exact) mass is 384 g/mol. The number of aryl methyl sites for hydroxylation is 3. The standard InChI is InChI=1S/C23H36N4O/c1-4-11-27-21-15-17(3)16(2)14-20(21)25-23(27)26-12-9-18(10-13-26)22(28)24-19-7-5-6-8-19/h14-15,18-19,22,24,28H,4-13H2,1-3H3. The average molecular weight is 385 g/mol. The molecule has 1 aromatic carbocycles. The highest BCUT2D eigenvalue weighted by atomic mass is 16.3. The smallest absolute Gasteiger partial charge is 0.206 e. The van der Waals surface area contributed by atoms with E-state index in [1.165, 1.54) is 42.3 Å². The van der Waals surface area contributed by atoms with Crippen molar-refractivity contribution in [3.63, 3.8) is 0 Å². The van der Waals surface area contributed by atoms with Crippen LogP contribution in [0.25, 0.3) is 11.0 Å². The topological polar surface area (TPSA) is 53.3 Å². The van der Waals surface area contributed by atoms with Crippen molar-refractivity contribution in [2.24, 2.45) is 5.92 Å². The van der Waals surface area contributed by atoms with Crippen LogP contribution in [0.2, 0.25) is 0 Å². The molecular weight excluding hydrogens is 348 g/mol. The Morgan fingerprint density at radius 3 is 2.46 bits per heavy atom. The minimum absolute atomic E-state index is 0.352. The molecule has 1 aliphatic heterocycles. The number of anilines is 1. The molecule has 0 radical (unpaired) electrons. The summed E-state index contributed by atoms with van der Waals surface area (Å²) in [5.74, 6) is 1.46. The van der Waals surface area contributed by atoms with Gasteiger partial charge in [0.25, 0.3) is 0 Å². The minimum atomic E-state index is -0.356. The Hall–Kier alpha value is -1.59. The Morgan fingerprint density at radius 2 is 1.79 bits per heavy atom. The van der Waals surface area contributed by atoms with Crippen LogP contribution in [0.5, 0.6) is 0 Å². The van der Waals surface area contributed by atoms with E-state index in [-0.39, 0.29) is 6.23 Å².